The second kappa shape index (κ2) is 10.8. The van der Waals surface area contributed by atoms with Crippen molar-refractivity contribution in [2.75, 3.05) is 19.6 Å². The average Bonchev–Trinajstić information content (AvgIpc) is 3.41. The summed E-state index contributed by atoms with van der Waals surface area (Å²) >= 11 is 0. The Morgan fingerprint density at radius 3 is 2.27 bits per heavy atom. The second-order valence-electron chi connectivity index (χ2n) is 12.2. The molecule has 2 aromatic carbocycles. The van der Waals surface area contributed by atoms with Crippen molar-refractivity contribution in [2.45, 2.75) is 94.4 Å². The van der Waals surface area contributed by atoms with Crippen LogP contribution in [-0.2, 0) is 10.2 Å². The van der Waals surface area contributed by atoms with E-state index >= 15 is 0 Å². The highest BCUT2D eigenvalue weighted by molar-refractivity contribution is 5.76. The number of likely N-dealkylation sites (tertiary alicyclic amines) is 1. The molecule has 0 unspecified atom stereocenters. The fourth-order valence-corrected chi connectivity index (χ4v) is 7.86. The number of benzene rings is 2. The minimum atomic E-state index is -4.30. The quantitative estimate of drug-likeness (QED) is 0.324. The molecule has 0 radical (unpaired) electrons. The van der Waals surface area contributed by atoms with E-state index in [1.807, 2.05) is 6.07 Å². The number of fused-ring (bicyclic) bond motifs is 3. The third-order valence-corrected chi connectivity index (χ3v) is 9.93. The molecule has 3 fully saturated rings. The van der Waals surface area contributed by atoms with Gasteiger partial charge in [-0.25, -0.2) is 4.98 Å². The van der Waals surface area contributed by atoms with Crippen LogP contribution in [0.2, 0.25) is 0 Å². The molecule has 3 atom stereocenters. The fraction of sp³-hybridized carbons (Fsp3) is 0.562. The number of hydrogen-bond acceptors (Lipinski definition) is 3. The van der Waals surface area contributed by atoms with Crippen molar-refractivity contribution in [3.05, 3.63) is 66.0 Å². The molecule has 214 valence electrons. The number of halogens is 3. The van der Waals surface area contributed by atoms with E-state index in [0.29, 0.717) is 31.2 Å². The van der Waals surface area contributed by atoms with Crippen molar-refractivity contribution in [3.63, 3.8) is 0 Å². The third kappa shape index (κ3) is 5.39. The van der Waals surface area contributed by atoms with Crippen LogP contribution in [0.3, 0.4) is 0 Å². The maximum absolute atomic E-state index is 12.7. The molecule has 0 aliphatic carbocycles. The average molecular weight is 553 g/mol. The topological polar surface area (TPSA) is 41.4 Å². The maximum Gasteiger partial charge on any atom is 0.389 e. The van der Waals surface area contributed by atoms with Crippen LogP contribution < -0.4 is 0 Å². The van der Waals surface area contributed by atoms with Crippen LogP contribution in [0.4, 0.5) is 13.2 Å². The number of amides is 1. The van der Waals surface area contributed by atoms with Crippen molar-refractivity contribution in [1.82, 2.24) is 19.4 Å². The number of nitrogens with zero attached hydrogens (tertiary/aromatic N) is 4. The van der Waals surface area contributed by atoms with Crippen LogP contribution in [0.1, 0.15) is 75.2 Å². The largest absolute Gasteiger partial charge is 0.389 e. The first-order valence-corrected chi connectivity index (χ1v) is 14.8. The molecule has 1 aromatic heterocycles. The summed E-state index contributed by atoms with van der Waals surface area (Å²) in [5.41, 5.74) is 3.54. The zero-order chi connectivity index (χ0) is 27.9. The van der Waals surface area contributed by atoms with Gasteiger partial charge >= 0.3 is 6.18 Å². The summed E-state index contributed by atoms with van der Waals surface area (Å²) in [7, 11) is 0. The van der Waals surface area contributed by atoms with E-state index in [2.05, 4.69) is 64.9 Å². The molecule has 6 rings (SSSR count). The minimum absolute atomic E-state index is 0.0600. The summed E-state index contributed by atoms with van der Waals surface area (Å²) in [6, 6.07) is 20.6. The summed E-state index contributed by atoms with van der Waals surface area (Å²) < 4.78 is 40.5. The monoisotopic (exact) mass is 552 g/mol. The summed E-state index contributed by atoms with van der Waals surface area (Å²) in [6.45, 7) is 4.18. The van der Waals surface area contributed by atoms with Crippen LogP contribution in [0.25, 0.3) is 11.0 Å². The van der Waals surface area contributed by atoms with Crippen molar-refractivity contribution in [1.29, 1.82) is 0 Å². The van der Waals surface area contributed by atoms with Gasteiger partial charge in [-0.05, 0) is 81.5 Å². The predicted octanol–water partition coefficient (Wildman–Crippen LogP) is 6.81. The van der Waals surface area contributed by atoms with E-state index < -0.39 is 19.0 Å². The van der Waals surface area contributed by atoms with Gasteiger partial charge in [0.05, 0.1) is 17.5 Å². The molecular formula is C32H39F3N4O. The smallest absolute Gasteiger partial charge is 0.343 e. The Hall–Kier alpha value is -2.87. The zero-order valence-corrected chi connectivity index (χ0v) is 23.2. The van der Waals surface area contributed by atoms with E-state index in [9.17, 15) is 18.0 Å². The van der Waals surface area contributed by atoms with Gasteiger partial charge in [0.1, 0.15) is 5.82 Å². The lowest BCUT2D eigenvalue weighted by Gasteiger charge is -2.45. The molecular weight excluding hydrogens is 513 g/mol. The number of aryl methyl sites for hydroxylation is 1. The maximum atomic E-state index is 12.7. The van der Waals surface area contributed by atoms with Crippen LogP contribution in [0, 0.1) is 6.92 Å². The van der Waals surface area contributed by atoms with E-state index in [1.165, 1.54) is 23.9 Å². The van der Waals surface area contributed by atoms with Gasteiger partial charge in [-0.3, -0.25) is 9.69 Å². The first-order chi connectivity index (χ1) is 19.2. The lowest BCUT2D eigenvalue weighted by Crippen LogP contribution is -2.49. The molecule has 2 bridgehead atoms. The first-order valence-electron chi connectivity index (χ1n) is 14.8. The number of aromatic nitrogens is 2. The Labute approximate surface area is 234 Å². The van der Waals surface area contributed by atoms with Crippen LogP contribution in [-0.4, -0.2) is 63.2 Å². The van der Waals surface area contributed by atoms with E-state index in [0.717, 1.165) is 50.0 Å². The number of carbonyl (C=O) groups is 1. The SMILES string of the molecule is Cc1nc2ccccc2n1[C@H]1C[C@H]2CC[C@@H](C1)N2CCC1(c2ccccc2)CCN(C(=O)CCC(F)(F)F)CC1. The van der Waals surface area contributed by atoms with E-state index in [-0.39, 0.29) is 11.3 Å². The molecule has 0 saturated carbocycles. The number of alkyl halides is 3. The minimum Gasteiger partial charge on any atom is -0.343 e. The Morgan fingerprint density at radius 1 is 0.950 bits per heavy atom. The molecule has 1 amide bonds. The predicted molar refractivity (Wildman–Crippen MR) is 150 cm³/mol. The molecule has 3 aromatic rings. The molecule has 0 N–H and O–H groups in total. The second-order valence-corrected chi connectivity index (χ2v) is 12.2. The van der Waals surface area contributed by atoms with Gasteiger partial charge in [-0.15, -0.1) is 0 Å². The number of hydrogen-bond donors (Lipinski definition) is 0. The van der Waals surface area contributed by atoms with Crippen molar-refractivity contribution < 1.29 is 18.0 Å². The fourth-order valence-electron chi connectivity index (χ4n) is 7.86. The van der Waals surface area contributed by atoms with Gasteiger partial charge in [-0.1, -0.05) is 42.5 Å². The molecule has 40 heavy (non-hydrogen) atoms. The number of rotatable bonds is 7. The number of carbonyl (C=O) groups excluding carboxylic acids is 1. The van der Waals surface area contributed by atoms with E-state index in [1.54, 1.807) is 4.90 Å². The Kier molecular flexibility index (Phi) is 7.40. The zero-order valence-electron chi connectivity index (χ0n) is 23.2. The van der Waals surface area contributed by atoms with Gasteiger partial charge in [-0.2, -0.15) is 13.2 Å². The molecule has 3 aliphatic rings. The Balaban J connectivity index is 1.14. The van der Waals surface area contributed by atoms with Gasteiger partial charge in [0.25, 0.3) is 0 Å². The van der Waals surface area contributed by atoms with Crippen molar-refractivity contribution in [3.8, 4) is 0 Å². The van der Waals surface area contributed by atoms with Crippen LogP contribution >= 0.6 is 0 Å². The van der Waals surface area contributed by atoms with Crippen LogP contribution in [0.5, 0.6) is 0 Å². The highest BCUT2D eigenvalue weighted by atomic mass is 19.4. The van der Waals surface area contributed by atoms with Gasteiger partial charge < -0.3 is 9.47 Å². The normalized spacial score (nSPS) is 25.0. The van der Waals surface area contributed by atoms with Crippen molar-refractivity contribution in [2.24, 2.45) is 0 Å². The lowest BCUT2D eigenvalue weighted by molar-refractivity contribution is -0.150. The summed E-state index contributed by atoms with van der Waals surface area (Å²) in [5.74, 6) is 0.722. The molecule has 3 aliphatic heterocycles. The molecule has 3 saturated heterocycles. The third-order valence-electron chi connectivity index (χ3n) is 9.93. The highest BCUT2D eigenvalue weighted by Gasteiger charge is 2.44. The summed E-state index contributed by atoms with van der Waals surface area (Å²) in [6.07, 6.45) is 1.53. The van der Waals surface area contributed by atoms with Crippen molar-refractivity contribution >= 4 is 16.9 Å². The van der Waals surface area contributed by atoms with Crippen LogP contribution in [0.15, 0.2) is 54.6 Å². The lowest BCUT2D eigenvalue weighted by atomic mass is 9.70. The first kappa shape index (κ1) is 27.3. The Morgan fingerprint density at radius 2 is 1.60 bits per heavy atom. The summed E-state index contributed by atoms with van der Waals surface area (Å²) in [5, 5.41) is 0. The summed E-state index contributed by atoms with van der Waals surface area (Å²) in [4.78, 5) is 21.8. The number of piperidine rings is 2. The standard InChI is InChI=1S/C32H39F3N4O/c1-23-36-28-9-5-6-10-29(28)39(23)27-21-25-11-12-26(22-27)38(25)20-17-31(24-7-3-2-4-8-24)15-18-37(19-16-31)30(40)13-14-32(33,34)35/h2-10,25-27H,11-22H2,1H3/t25-,26+,27+. The van der Waals surface area contributed by atoms with Gasteiger partial charge in [0.2, 0.25) is 5.91 Å². The molecule has 8 heteroatoms. The van der Waals surface area contributed by atoms with Gasteiger partial charge in [0, 0.05) is 37.6 Å². The van der Waals surface area contributed by atoms with E-state index in [4.69, 9.17) is 4.98 Å². The highest BCUT2D eigenvalue weighted by Crippen LogP contribution is 2.45. The molecule has 4 heterocycles. The molecule has 5 nitrogen and oxygen atoms in total. The Bertz CT molecular complexity index is 1310. The number of imidazole rings is 1. The van der Waals surface area contributed by atoms with Gasteiger partial charge in [0.15, 0.2) is 0 Å². The molecule has 0 spiro atoms. The number of para-hydroxylation sites is 2.